The van der Waals surface area contributed by atoms with Gasteiger partial charge in [-0.3, -0.25) is 4.79 Å². The van der Waals surface area contributed by atoms with Crippen LogP contribution in [0.3, 0.4) is 0 Å². The Morgan fingerprint density at radius 1 is 1.05 bits per heavy atom. The molecule has 0 atom stereocenters. The maximum absolute atomic E-state index is 11.8. The Bertz CT molecular complexity index is 564. The Morgan fingerprint density at radius 2 is 1.68 bits per heavy atom. The molecule has 0 aliphatic rings. The number of halogens is 1. The van der Waals surface area contributed by atoms with Crippen molar-refractivity contribution >= 4 is 17.6 Å². The predicted molar refractivity (Wildman–Crippen MR) is 73.8 cm³/mol. The van der Waals surface area contributed by atoms with E-state index < -0.39 is 0 Å². The fraction of sp³-hybridized carbons (Fsp3) is 0.133. The Kier molecular flexibility index (Phi) is 4.42. The highest BCUT2D eigenvalue weighted by molar-refractivity contribution is 6.30. The Hall–Kier alpha value is -2.00. The quantitative estimate of drug-likeness (QED) is 0.633. The van der Waals surface area contributed by atoms with E-state index in [4.69, 9.17) is 21.1 Å². The average molecular weight is 277 g/mol. The normalized spacial score (nSPS) is 10.0. The summed E-state index contributed by atoms with van der Waals surface area (Å²) in [5, 5.41) is 0.641. The smallest absolute Gasteiger partial charge is 0.315 e. The van der Waals surface area contributed by atoms with Gasteiger partial charge in [-0.25, -0.2) is 0 Å². The number of hydrogen-bond acceptors (Lipinski definition) is 3. The molecule has 0 bridgehead atoms. The minimum absolute atomic E-state index is 0.190. The predicted octanol–water partition coefficient (Wildman–Crippen LogP) is 3.50. The molecule has 2 rings (SSSR count). The van der Waals surface area contributed by atoms with Crippen molar-refractivity contribution in [2.75, 3.05) is 7.11 Å². The zero-order valence-electron chi connectivity index (χ0n) is 10.4. The Morgan fingerprint density at radius 3 is 2.32 bits per heavy atom. The van der Waals surface area contributed by atoms with Gasteiger partial charge in [-0.1, -0.05) is 35.9 Å². The van der Waals surface area contributed by atoms with Gasteiger partial charge in [0.1, 0.15) is 0 Å². The maximum atomic E-state index is 11.8. The highest BCUT2D eigenvalue weighted by Crippen LogP contribution is 2.26. The van der Waals surface area contributed by atoms with Gasteiger partial charge >= 0.3 is 5.97 Å². The third-order valence-corrected chi connectivity index (χ3v) is 2.81. The second-order valence-corrected chi connectivity index (χ2v) is 4.36. The molecule has 19 heavy (non-hydrogen) atoms. The van der Waals surface area contributed by atoms with Crippen LogP contribution < -0.4 is 9.47 Å². The SMILES string of the molecule is COc1ccccc1OC(=O)Cc1ccc(Cl)cc1. The molecule has 0 aromatic heterocycles. The zero-order valence-corrected chi connectivity index (χ0v) is 11.2. The number of para-hydroxylation sites is 2. The molecule has 0 saturated heterocycles. The fourth-order valence-corrected chi connectivity index (χ4v) is 1.76. The van der Waals surface area contributed by atoms with Gasteiger partial charge in [-0.05, 0) is 29.8 Å². The molecule has 4 heteroatoms. The Labute approximate surface area is 116 Å². The average Bonchev–Trinajstić information content (AvgIpc) is 2.42. The van der Waals surface area contributed by atoms with E-state index in [0.717, 1.165) is 5.56 Å². The second kappa shape index (κ2) is 6.25. The van der Waals surface area contributed by atoms with E-state index in [1.165, 1.54) is 7.11 Å². The molecule has 0 aliphatic heterocycles. The van der Waals surface area contributed by atoms with E-state index in [1.807, 2.05) is 6.07 Å². The van der Waals surface area contributed by atoms with Crippen molar-refractivity contribution in [2.24, 2.45) is 0 Å². The zero-order chi connectivity index (χ0) is 13.7. The van der Waals surface area contributed by atoms with Crippen LogP contribution in [0, 0.1) is 0 Å². The first kappa shape index (κ1) is 13.4. The number of hydrogen-bond donors (Lipinski definition) is 0. The van der Waals surface area contributed by atoms with E-state index in [9.17, 15) is 4.79 Å². The number of ether oxygens (including phenoxy) is 2. The molecule has 0 unspecified atom stereocenters. The number of carbonyl (C=O) groups excluding carboxylic acids is 1. The van der Waals surface area contributed by atoms with E-state index in [2.05, 4.69) is 0 Å². The third-order valence-electron chi connectivity index (χ3n) is 2.55. The molecular formula is C15H13ClO3. The lowest BCUT2D eigenvalue weighted by atomic mass is 10.1. The van der Waals surface area contributed by atoms with E-state index in [0.29, 0.717) is 16.5 Å². The highest BCUT2D eigenvalue weighted by atomic mass is 35.5. The summed E-state index contributed by atoms with van der Waals surface area (Å²) in [5.74, 6) is 0.614. The number of methoxy groups -OCH3 is 1. The molecule has 0 fully saturated rings. The maximum Gasteiger partial charge on any atom is 0.315 e. The molecule has 3 nitrogen and oxygen atoms in total. The summed E-state index contributed by atoms with van der Waals surface area (Å²) < 4.78 is 10.4. The van der Waals surface area contributed by atoms with Crippen molar-refractivity contribution in [3.63, 3.8) is 0 Å². The van der Waals surface area contributed by atoms with Crippen molar-refractivity contribution < 1.29 is 14.3 Å². The van der Waals surface area contributed by atoms with Crippen molar-refractivity contribution in [1.29, 1.82) is 0 Å². The first-order valence-electron chi connectivity index (χ1n) is 5.77. The summed E-state index contributed by atoms with van der Waals surface area (Å²) in [5.41, 5.74) is 0.851. The van der Waals surface area contributed by atoms with Gasteiger partial charge in [0.15, 0.2) is 11.5 Å². The molecule has 0 aliphatic carbocycles. The third kappa shape index (κ3) is 3.73. The second-order valence-electron chi connectivity index (χ2n) is 3.93. The molecule has 0 N–H and O–H groups in total. The molecule has 0 spiro atoms. The molecule has 0 heterocycles. The number of esters is 1. The summed E-state index contributed by atoms with van der Waals surface area (Å²) in [6.45, 7) is 0. The summed E-state index contributed by atoms with van der Waals surface area (Å²) >= 11 is 5.78. The van der Waals surface area contributed by atoms with Crippen LogP contribution in [0.4, 0.5) is 0 Å². The molecule has 2 aromatic carbocycles. The largest absolute Gasteiger partial charge is 0.493 e. The summed E-state index contributed by atoms with van der Waals surface area (Å²) in [6, 6.07) is 14.1. The van der Waals surface area contributed by atoms with Crippen molar-refractivity contribution in [2.45, 2.75) is 6.42 Å². The van der Waals surface area contributed by atoms with Crippen LogP contribution in [0.5, 0.6) is 11.5 Å². The lowest BCUT2D eigenvalue weighted by Gasteiger charge is -2.08. The van der Waals surface area contributed by atoms with Gasteiger partial charge in [0.05, 0.1) is 13.5 Å². The molecule has 0 radical (unpaired) electrons. The van der Waals surface area contributed by atoms with Crippen LogP contribution in [0.1, 0.15) is 5.56 Å². The number of benzene rings is 2. The molecule has 2 aromatic rings. The molecule has 98 valence electrons. The van der Waals surface area contributed by atoms with Gasteiger partial charge in [-0.15, -0.1) is 0 Å². The van der Waals surface area contributed by atoms with Crippen LogP contribution in [-0.2, 0) is 11.2 Å². The first-order valence-corrected chi connectivity index (χ1v) is 6.15. The topological polar surface area (TPSA) is 35.5 Å². The monoisotopic (exact) mass is 276 g/mol. The minimum atomic E-state index is -0.341. The minimum Gasteiger partial charge on any atom is -0.493 e. The van der Waals surface area contributed by atoms with E-state index in [-0.39, 0.29) is 12.4 Å². The van der Waals surface area contributed by atoms with Crippen LogP contribution >= 0.6 is 11.6 Å². The molecule has 0 saturated carbocycles. The van der Waals surface area contributed by atoms with Crippen molar-refractivity contribution in [1.82, 2.24) is 0 Å². The summed E-state index contributed by atoms with van der Waals surface area (Å²) in [4.78, 5) is 11.8. The lowest BCUT2D eigenvalue weighted by Crippen LogP contribution is -2.11. The lowest BCUT2D eigenvalue weighted by molar-refractivity contribution is -0.133. The Balaban J connectivity index is 2.03. The molecule has 0 amide bonds. The van der Waals surface area contributed by atoms with E-state index >= 15 is 0 Å². The first-order chi connectivity index (χ1) is 9.19. The number of rotatable bonds is 4. The fourth-order valence-electron chi connectivity index (χ4n) is 1.63. The van der Waals surface area contributed by atoms with Gasteiger partial charge in [0.2, 0.25) is 0 Å². The van der Waals surface area contributed by atoms with Crippen LogP contribution in [0.2, 0.25) is 5.02 Å². The summed E-state index contributed by atoms with van der Waals surface area (Å²) in [6.07, 6.45) is 0.190. The van der Waals surface area contributed by atoms with Gasteiger partial charge < -0.3 is 9.47 Å². The molecular weight excluding hydrogens is 264 g/mol. The van der Waals surface area contributed by atoms with Gasteiger partial charge in [0.25, 0.3) is 0 Å². The van der Waals surface area contributed by atoms with Crippen LogP contribution in [-0.4, -0.2) is 13.1 Å². The van der Waals surface area contributed by atoms with Crippen molar-refractivity contribution in [3.8, 4) is 11.5 Å². The highest BCUT2D eigenvalue weighted by Gasteiger charge is 2.10. The number of carbonyl (C=O) groups is 1. The standard InChI is InChI=1S/C15H13ClO3/c1-18-13-4-2-3-5-14(13)19-15(17)10-11-6-8-12(16)9-7-11/h2-9H,10H2,1H3. The van der Waals surface area contributed by atoms with E-state index in [1.54, 1.807) is 42.5 Å². The van der Waals surface area contributed by atoms with Crippen LogP contribution in [0.25, 0.3) is 0 Å². The van der Waals surface area contributed by atoms with Gasteiger partial charge in [0, 0.05) is 5.02 Å². The van der Waals surface area contributed by atoms with Crippen LogP contribution in [0.15, 0.2) is 48.5 Å². The summed E-state index contributed by atoms with van der Waals surface area (Å²) in [7, 11) is 1.53. The van der Waals surface area contributed by atoms with Crippen molar-refractivity contribution in [3.05, 3.63) is 59.1 Å². The van der Waals surface area contributed by atoms with Gasteiger partial charge in [-0.2, -0.15) is 0 Å².